The highest BCUT2D eigenvalue weighted by Gasteiger charge is 2.22. The SMILES string of the molecule is CN(C)CCN(CC(=O)OC(C)(C)C)C(=O)COc1cccc([N+](=O)[O-])c1. The molecule has 1 rings (SSSR count). The highest BCUT2D eigenvalue weighted by Crippen LogP contribution is 2.19. The summed E-state index contributed by atoms with van der Waals surface area (Å²) in [6, 6.07) is 5.58. The number of nitrogens with zero attached hydrogens (tertiary/aromatic N) is 3. The number of carbonyl (C=O) groups is 2. The van der Waals surface area contributed by atoms with Crippen molar-refractivity contribution in [2.45, 2.75) is 26.4 Å². The van der Waals surface area contributed by atoms with Gasteiger partial charge in [-0.3, -0.25) is 19.7 Å². The number of nitro groups is 1. The number of ether oxygens (including phenoxy) is 2. The molecule has 0 aromatic heterocycles. The van der Waals surface area contributed by atoms with Crippen LogP contribution in [-0.2, 0) is 14.3 Å². The number of hydrogen-bond acceptors (Lipinski definition) is 7. The Morgan fingerprint density at radius 2 is 1.85 bits per heavy atom. The monoisotopic (exact) mass is 381 g/mol. The summed E-state index contributed by atoms with van der Waals surface area (Å²) in [6.07, 6.45) is 0. The molecule has 1 aromatic carbocycles. The van der Waals surface area contributed by atoms with Crippen molar-refractivity contribution in [2.24, 2.45) is 0 Å². The summed E-state index contributed by atoms with van der Waals surface area (Å²) in [4.78, 5) is 38.1. The predicted octanol–water partition coefficient (Wildman–Crippen LogP) is 1.71. The van der Waals surface area contributed by atoms with Crippen LogP contribution in [0, 0.1) is 10.1 Å². The molecule has 0 N–H and O–H groups in total. The molecule has 1 aromatic rings. The van der Waals surface area contributed by atoms with E-state index in [4.69, 9.17) is 9.47 Å². The summed E-state index contributed by atoms with van der Waals surface area (Å²) in [5.41, 5.74) is -0.773. The average molecular weight is 381 g/mol. The Balaban J connectivity index is 2.73. The number of non-ortho nitro benzene ring substituents is 1. The van der Waals surface area contributed by atoms with Crippen LogP contribution in [0.5, 0.6) is 5.75 Å². The van der Waals surface area contributed by atoms with Gasteiger partial charge in [0.2, 0.25) is 0 Å². The number of benzene rings is 1. The van der Waals surface area contributed by atoms with Crippen LogP contribution in [0.1, 0.15) is 20.8 Å². The van der Waals surface area contributed by atoms with Crippen LogP contribution in [0.25, 0.3) is 0 Å². The number of rotatable bonds is 9. The normalized spacial score (nSPS) is 11.2. The minimum atomic E-state index is -0.646. The van der Waals surface area contributed by atoms with Crippen LogP contribution < -0.4 is 4.74 Å². The molecule has 0 radical (unpaired) electrons. The van der Waals surface area contributed by atoms with Crippen molar-refractivity contribution in [2.75, 3.05) is 40.3 Å². The summed E-state index contributed by atoms with van der Waals surface area (Å²) in [7, 11) is 3.71. The summed E-state index contributed by atoms with van der Waals surface area (Å²) in [6.45, 7) is 5.61. The fraction of sp³-hybridized carbons (Fsp3) is 0.556. The molecule has 0 aliphatic rings. The maximum Gasteiger partial charge on any atom is 0.326 e. The van der Waals surface area contributed by atoms with Gasteiger partial charge in [0.15, 0.2) is 6.61 Å². The van der Waals surface area contributed by atoms with Gasteiger partial charge in [0.05, 0.1) is 11.0 Å². The van der Waals surface area contributed by atoms with E-state index < -0.39 is 22.4 Å². The van der Waals surface area contributed by atoms with Gasteiger partial charge in [-0.15, -0.1) is 0 Å². The Hall–Kier alpha value is -2.68. The van der Waals surface area contributed by atoms with E-state index in [0.717, 1.165) is 0 Å². The Kier molecular flexibility index (Phi) is 8.17. The summed E-state index contributed by atoms with van der Waals surface area (Å²) in [5.74, 6) is -0.707. The molecule has 0 saturated heterocycles. The molecular weight excluding hydrogens is 354 g/mol. The number of esters is 1. The third-order valence-electron chi connectivity index (χ3n) is 3.30. The Bertz CT molecular complexity index is 669. The standard InChI is InChI=1S/C18H27N3O6/c1-18(2,3)27-17(23)12-20(10-9-19(4)5)16(22)13-26-15-8-6-7-14(11-15)21(24)25/h6-8,11H,9-10,12-13H2,1-5H3. The van der Waals surface area contributed by atoms with Crippen LogP contribution in [-0.4, -0.2) is 72.5 Å². The smallest absolute Gasteiger partial charge is 0.326 e. The lowest BCUT2D eigenvalue weighted by molar-refractivity contribution is -0.384. The van der Waals surface area contributed by atoms with Crippen LogP contribution in [0.3, 0.4) is 0 Å². The van der Waals surface area contributed by atoms with Crippen molar-refractivity contribution < 1.29 is 24.0 Å². The van der Waals surface area contributed by atoms with Gasteiger partial charge in [0.25, 0.3) is 11.6 Å². The molecule has 0 fully saturated rings. The van der Waals surface area contributed by atoms with Gasteiger partial charge >= 0.3 is 5.97 Å². The first-order valence-corrected chi connectivity index (χ1v) is 8.49. The minimum absolute atomic E-state index is 0.127. The van der Waals surface area contributed by atoms with Crippen molar-refractivity contribution in [1.29, 1.82) is 0 Å². The maximum atomic E-state index is 12.5. The van der Waals surface area contributed by atoms with Gasteiger partial charge in [-0.1, -0.05) is 6.07 Å². The van der Waals surface area contributed by atoms with Crippen molar-refractivity contribution in [3.05, 3.63) is 34.4 Å². The Morgan fingerprint density at radius 3 is 2.41 bits per heavy atom. The molecule has 0 spiro atoms. The highest BCUT2D eigenvalue weighted by atomic mass is 16.6. The largest absolute Gasteiger partial charge is 0.484 e. The van der Waals surface area contributed by atoms with Gasteiger partial charge in [0, 0.05) is 19.2 Å². The van der Waals surface area contributed by atoms with Gasteiger partial charge < -0.3 is 19.3 Å². The van der Waals surface area contributed by atoms with Crippen molar-refractivity contribution in [3.63, 3.8) is 0 Å². The fourth-order valence-electron chi connectivity index (χ4n) is 2.07. The zero-order valence-electron chi connectivity index (χ0n) is 16.4. The topological polar surface area (TPSA) is 102 Å². The fourth-order valence-corrected chi connectivity index (χ4v) is 2.07. The lowest BCUT2D eigenvalue weighted by Gasteiger charge is -2.26. The zero-order valence-corrected chi connectivity index (χ0v) is 16.4. The van der Waals surface area contributed by atoms with Crippen LogP contribution in [0.15, 0.2) is 24.3 Å². The van der Waals surface area contributed by atoms with Crippen LogP contribution in [0.4, 0.5) is 5.69 Å². The Morgan fingerprint density at radius 1 is 1.19 bits per heavy atom. The van der Waals surface area contributed by atoms with E-state index >= 15 is 0 Å². The van der Waals surface area contributed by atoms with Crippen molar-refractivity contribution in [3.8, 4) is 5.75 Å². The second-order valence-corrected chi connectivity index (χ2v) is 7.25. The lowest BCUT2D eigenvalue weighted by atomic mass is 10.2. The van der Waals surface area contributed by atoms with E-state index in [9.17, 15) is 19.7 Å². The van der Waals surface area contributed by atoms with E-state index in [-0.39, 0.29) is 24.6 Å². The van der Waals surface area contributed by atoms with E-state index in [1.807, 2.05) is 19.0 Å². The van der Waals surface area contributed by atoms with Crippen molar-refractivity contribution >= 4 is 17.6 Å². The molecule has 0 heterocycles. The molecule has 0 aliphatic heterocycles. The molecule has 9 heteroatoms. The summed E-state index contributed by atoms with van der Waals surface area (Å²) < 4.78 is 10.6. The van der Waals surface area contributed by atoms with Gasteiger partial charge in [-0.2, -0.15) is 0 Å². The van der Waals surface area contributed by atoms with Gasteiger partial charge in [-0.05, 0) is 40.9 Å². The molecular formula is C18H27N3O6. The number of nitro benzene ring substituents is 1. The molecule has 0 aliphatic carbocycles. The number of amides is 1. The second-order valence-electron chi connectivity index (χ2n) is 7.25. The summed E-state index contributed by atoms with van der Waals surface area (Å²) >= 11 is 0. The molecule has 1 amide bonds. The average Bonchev–Trinajstić information content (AvgIpc) is 2.54. The predicted molar refractivity (Wildman–Crippen MR) is 99.6 cm³/mol. The van der Waals surface area contributed by atoms with E-state index in [0.29, 0.717) is 13.1 Å². The number of carbonyl (C=O) groups excluding carboxylic acids is 2. The molecule has 0 atom stereocenters. The molecule has 27 heavy (non-hydrogen) atoms. The number of hydrogen-bond donors (Lipinski definition) is 0. The molecule has 0 bridgehead atoms. The quantitative estimate of drug-likeness (QED) is 0.364. The minimum Gasteiger partial charge on any atom is -0.484 e. The van der Waals surface area contributed by atoms with Gasteiger partial charge in [-0.25, -0.2) is 0 Å². The highest BCUT2D eigenvalue weighted by molar-refractivity contribution is 5.83. The van der Waals surface area contributed by atoms with E-state index in [2.05, 4.69) is 0 Å². The zero-order chi connectivity index (χ0) is 20.6. The van der Waals surface area contributed by atoms with Crippen LogP contribution >= 0.6 is 0 Å². The number of likely N-dealkylation sites (N-methyl/N-ethyl adjacent to an activating group) is 1. The third kappa shape index (κ3) is 9.00. The second kappa shape index (κ2) is 9.86. The third-order valence-corrected chi connectivity index (χ3v) is 3.30. The maximum absolute atomic E-state index is 12.5. The summed E-state index contributed by atoms with van der Waals surface area (Å²) in [5, 5.41) is 10.8. The van der Waals surface area contributed by atoms with Crippen molar-refractivity contribution in [1.82, 2.24) is 9.80 Å². The van der Waals surface area contributed by atoms with Crippen LogP contribution in [0.2, 0.25) is 0 Å². The first-order valence-electron chi connectivity index (χ1n) is 8.49. The molecule has 0 unspecified atom stereocenters. The molecule has 0 saturated carbocycles. The molecule has 150 valence electrons. The van der Waals surface area contributed by atoms with E-state index in [1.54, 1.807) is 20.8 Å². The van der Waals surface area contributed by atoms with E-state index in [1.165, 1.54) is 29.2 Å². The first kappa shape index (κ1) is 22.4. The first-order chi connectivity index (χ1) is 12.5. The van der Waals surface area contributed by atoms with Gasteiger partial charge in [0.1, 0.15) is 17.9 Å². The lowest BCUT2D eigenvalue weighted by Crippen LogP contribution is -2.43. The molecule has 9 nitrogen and oxygen atoms in total. The Labute approximate surface area is 159 Å².